The molecule has 0 radical (unpaired) electrons. The number of nitrogens with zero attached hydrogens (tertiary/aromatic N) is 3. The third-order valence-corrected chi connectivity index (χ3v) is 2.70. The maximum absolute atomic E-state index is 11.4. The Hall–Kier alpha value is -2.11. The molecule has 0 spiro atoms. The Morgan fingerprint density at radius 1 is 1.47 bits per heavy atom. The van der Waals surface area contributed by atoms with Crippen LogP contribution in [0.15, 0.2) is 27.3 Å². The molecular formula is C11H11N3O3. The predicted octanol–water partition coefficient (Wildman–Crippen LogP) is 1.45. The highest BCUT2D eigenvalue weighted by Crippen LogP contribution is 2.18. The van der Waals surface area contributed by atoms with Crippen molar-refractivity contribution in [2.45, 2.75) is 19.4 Å². The quantitative estimate of drug-likeness (QED) is 0.802. The van der Waals surface area contributed by atoms with Crippen LogP contribution in [0.3, 0.4) is 0 Å². The van der Waals surface area contributed by atoms with Crippen molar-refractivity contribution in [2.75, 3.05) is 6.54 Å². The lowest BCUT2D eigenvalue weighted by Gasteiger charge is -2.11. The highest BCUT2D eigenvalue weighted by atomic mass is 16.5. The van der Waals surface area contributed by atoms with Crippen LogP contribution < -0.4 is 0 Å². The van der Waals surface area contributed by atoms with E-state index in [9.17, 15) is 4.79 Å². The number of likely N-dealkylation sites (tertiary alicyclic amines) is 1. The molecule has 17 heavy (non-hydrogen) atoms. The van der Waals surface area contributed by atoms with Crippen molar-refractivity contribution in [1.82, 2.24) is 15.0 Å². The standard InChI is InChI=1S/C11H11N3O3/c15-10-4-1-5-14(10)7-9-12-11(17-13-9)8-3-2-6-16-8/h2-3,6H,1,4-5,7H2. The summed E-state index contributed by atoms with van der Waals surface area (Å²) in [6.07, 6.45) is 3.06. The van der Waals surface area contributed by atoms with Gasteiger partial charge >= 0.3 is 0 Å². The van der Waals surface area contributed by atoms with Gasteiger partial charge in [-0.2, -0.15) is 4.98 Å². The Labute approximate surface area is 97.2 Å². The zero-order chi connectivity index (χ0) is 11.7. The molecule has 1 aliphatic rings. The minimum atomic E-state index is 0.148. The third kappa shape index (κ3) is 1.93. The molecular weight excluding hydrogens is 222 g/mol. The summed E-state index contributed by atoms with van der Waals surface area (Å²) in [5, 5.41) is 3.83. The predicted molar refractivity (Wildman–Crippen MR) is 56.7 cm³/mol. The van der Waals surface area contributed by atoms with Crippen LogP contribution >= 0.6 is 0 Å². The average molecular weight is 233 g/mol. The molecule has 2 aromatic heterocycles. The SMILES string of the molecule is O=C1CCCN1Cc1noc(-c2ccco2)n1. The Balaban J connectivity index is 1.75. The van der Waals surface area contributed by atoms with E-state index in [0.717, 1.165) is 13.0 Å². The second kappa shape index (κ2) is 4.04. The molecule has 0 atom stereocenters. The molecule has 2 aromatic rings. The lowest BCUT2D eigenvalue weighted by molar-refractivity contribution is -0.128. The first-order valence-corrected chi connectivity index (χ1v) is 5.47. The molecule has 6 nitrogen and oxygen atoms in total. The Kier molecular flexibility index (Phi) is 2.40. The van der Waals surface area contributed by atoms with E-state index in [2.05, 4.69) is 10.1 Å². The van der Waals surface area contributed by atoms with Gasteiger partial charge in [0, 0.05) is 13.0 Å². The summed E-state index contributed by atoms with van der Waals surface area (Å²) < 4.78 is 10.2. The van der Waals surface area contributed by atoms with Gasteiger partial charge < -0.3 is 13.8 Å². The minimum absolute atomic E-state index is 0.148. The van der Waals surface area contributed by atoms with Crippen LogP contribution in [0.2, 0.25) is 0 Å². The number of hydrogen-bond donors (Lipinski definition) is 0. The number of furan rings is 1. The molecule has 0 aromatic carbocycles. The summed E-state index contributed by atoms with van der Waals surface area (Å²) in [5.74, 6) is 1.54. The van der Waals surface area contributed by atoms with E-state index in [-0.39, 0.29) is 5.91 Å². The van der Waals surface area contributed by atoms with Crippen molar-refractivity contribution in [3.05, 3.63) is 24.2 Å². The van der Waals surface area contributed by atoms with Gasteiger partial charge in [-0.05, 0) is 18.6 Å². The molecule has 0 saturated carbocycles. The molecule has 1 fully saturated rings. The van der Waals surface area contributed by atoms with Crippen molar-refractivity contribution >= 4 is 5.91 Å². The summed E-state index contributed by atoms with van der Waals surface area (Å²) in [6.45, 7) is 1.17. The molecule has 3 heterocycles. The zero-order valence-electron chi connectivity index (χ0n) is 9.13. The van der Waals surface area contributed by atoms with Crippen molar-refractivity contribution in [3.8, 4) is 11.7 Å². The van der Waals surface area contributed by atoms with Crippen molar-refractivity contribution < 1.29 is 13.7 Å². The van der Waals surface area contributed by atoms with Gasteiger partial charge in [0.1, 0.15) is 0 Å². The van der Waals surface area contributed by atoms with Gasteiger partial charge in [0.05, 0.1) is 12.8 Å². The highest BCUT2D eigenvalue weighted by molar-refractivity contribution is 5.77. The fraction of sp³-hybridized carbons (Fsp3) is 0.364. The van der Waals surface area contributed by atoms with E-state index in [0.29, 0.717) is 30.4 Å². The van der Waals surface area contributed by atoms with Gasteiger partial charge in [-0.3, -0.25) is 4.79 Å². The minimum Gasteiger partial charge on any atom is -0.459 e. The van der Waals surface area contributed by atoms with E-state index in [1.54, 1.807) is 23.3 Å². The van der Waals surface area contributed by atoms with E-state index in [1.165, 1.54) is 0 Å². The number of rotatable bonds is 3. The van der Waals surface area contributed by atoms with Gasteiger partial charge in [0.25, 0.3) is 5.89 Å². The van der Waals surface area contributed by atoms with Gasteiger partial charge in [-0.1, -0.05) is 5.16 Å². The molecule has 1 saturated heterocycles. The molecule has 0 N–H and O–H groups in total. The summed E-state index contributed by atoms with van der Waals surface area (Å²) >= 11 is 0. The molecule has 1 aliphatic heterocycles. The lowest BCUT2D eigenvalue weighted by Crippen LogP contribution is -2.24. The number of amides is 1. The first-order valence-electron chi connectivity index (χ1n) is 5.47. The van der Waals surface area contributed by atoms with Crippen molar-refractivity contribution in [3.63, 3.8) is 0 Å². The van der Waals surface area contributed by atoms with Crippen LogP contribution in [0.1, 0.15) is 18.7 Å². The monoisotopic (exact) mass is 233 g/mol. The van der Waals surface area contributed by atoms with Crippen LogP contribution in [-0.4, -0.2) is 27.5 Å². The Morgan fingerprint density at radius 3 is 3.12 bits per heavy atom. The normalized spacial score (nSPS) is 15.8. The summed E-state index contributed by atoms with van der Waals surface area (Å²) in [4.78, 5) is 17.4. The molecule has 0 bridgehead atoms. The van der Waals surface area contributed by atoms with Crippen LogP contribution in [0.25, 0.3) is 11.7 Å². The maximum Gasteiger partial charge on any atom is 0.293 e. The Morgan fingerprint density at radius 2 is 2.41 bits per heavy atom. The number of hydrogen-bond acceptors (Lipinski definition) is 5. The first-order chi connectivity index (χ1) is 8.33. The van der Waals surface area contributed by atoms with Crippen molar-refractivity contribution in [2.24, 2.45) is 0 Å². The average Bonchev–Trinajstić information content (AvgIpc) is 3.02. The zero-order valence-corrected chi connectivity index (χ0v) is 9.13. The smallest absolute Gasteiger partial charge is 0.293 e. The fourth-order valence-corrected chi connectivity index (χ4v) is 1.86. The molecule has 88 valence electrons. The topological polar surface area (TPSA) is 72.4 Å². The van der Waals surface area contributed by atoms with Crippen molar-refractivity contribution in [1.29, 1.82) is 0 Å². The first kappa shape index (κ1) is 10.1. The van der Waals surface area contributed by atoms with Gasteiger partial charge in [-0.25, -0.2) is 0 Å². The maximum atomic E-state index is 11.4. The number of carbonyl (C=O) groups is 1. The van der Waals surface area contributed by atoms with E-state index >= 15 is 0 Å². The van der Waals surface area contributed by atoms with E-state index in [1.807, 2.05) is 0 Å². The fourth-order valence-electron chi connectivity index (χ4n) is 1.86. The van der Waals surface area contributed by atoms with Crippen LogP contribution in [0.5, 0.6) is 0 Å². The van der Waals surface area contributed by atoms with Gasteiger partial charge in [0.15, 0.2) is 11.6 Å². The van der Waals surface area contributed by atoms with Crippen LogP contribution in [0, 0.1) is 0 Å². The molecule has 3 rings (SSSR count). The second-order valence-corrected chi connectivity index (χ2v) is 3.91. The lowest BCUT2D eigenvalue weighted by atomic mass is 10.4. The van der Waals surface area contributed by atoms with E-state index < -0.39 is 0 Å². The van der Waals surface area contributed by atoms with Gasteiger partial charge in [0.2, 0.25) is 5.91 Å². The summed E-state index contributed by atoms with van der Waals surface area (Å²) in [5.41, 5.74) is 0. The molecule has 6 heteroatoms. The second-order valence-electron chi connectivity index (χ2n) is 3.91. The largest absolute Gasteiger partial charge is 0.459 e. The highest BCUT2D eigenvalue weighted by Gasteiger charge is 2.22. The summed E-state index contributed by atoms with van der Waals surface area (Å²) in [6, 6.07) is 3.50. The number of aromatic nitrogens is 2. The van der Waals surface area contributed by atoms with E-state index in [4.69, 9.17) is 8.94 Å². The molecule has 0 aliphatic carbocycles. The Bertz CT molecular complexity index is 518. The summed E-state index contributed by atoms with van der Waals surface area (Å²) in [7, 11) is 0. The van der Waals surface area contributed by atoms with Crippen LogP contribution in [-0.2, 0) is 11.3 Å². The van der Waals surface area contributed by atoms with Crippen LogP contribution in [0.4, 0.5) is 0 Å². The molecule has 0 unspecified atom stereocenters. The van der Waals surface area contributed by atoms with Gasteiger partial charge in [-0.15, -0.1) is 0 Å². The third-order valence-electron chi connectivity index (χ3n) is 2.70. The molecule has 1 amide bonds. The number of carbonyl (C=O) groups excluding carboxylic acids is 1.